The highest BCUT2D eigenvalue weighted by Crippen LogP contribution is 1.96. The molecule has 0 spiro atoms. The number of quaternary nitrogens is 1. The second-order valence-corrected chi connectivity index (χ2v) is 4.74. The molecule has 0 aromatic rings. The molecule has 0 saturated carbocycles. The molecule has 0 saturated heterocycles. The lowest BCUT2D eigenvalue weighted by molar-refractivity contribution is -0.882. The third-order valence-electron chi connectivity index (χ3n) is 1.56. The minimum absolute atomic E-state index is 0.199. The first-order chi connectivity index (χ1) is 4.77. The van der Waals surface area contributed by atoms with Gasteiger partial charge in [0, 0.05) is 6.92 Å². The van der Waals surface area contributed by atoms with Crippen LogP contribution in [0.15, 0.2) is 0 Å². The standard InChI is InChI=1S/C6H14NO3S/c1-4-7(2,3)5-6-11(8,9)10/h1,4-6H2,2-3H3/p+1. The van der Waals surface area contributed by atoms with Crippen molar-refractivity contribution < 1.29 is 17.5 Å². The molecule has 1 N–H and O–H groups in total. The fourth-order valence-corrected chi connectivity index (χ4v) is 1.20. The van der Waals surface area contributed by atoms with Crippen LogP contribution in [0.1, 0.15) is 0 Å². The maximum Gasteiger partial charge on any atom is 0.270 e. The third kappa shape index (κ3) is 6.28. The van der Waals surface area contributed by atoms with Crippen LogP contribution in [0.2, 0.25) is 0 Å². The molecule has 67 valence electrons. The molecule has 0 rings (SSSR count). The molecule has 0 amide bonds. The highest BCUT2D eigenvalue weighted by molar-refractivity contribution is 7.85. The van der Waals surface area contributed by atoms with Gasteiger partial charge >= 0.3 is 0 Å². The van der Waals surface area contributed by atoms with Gasteiger partial charge in [-0.2, -0.15) is 8.42 Å². The van der Waals surface area contributed by atoms with Crippen LogP contribution in [-0.4, -0.2) is 50.4 Å². The van der Waals surface area contributed by atoms with Gasteiger partial charge in [-0.1, -0.05) is 0 Å². The zero-order valence-electron chi connectivity index (χ0n) is 6.95. The Kier molecular flexibility index (Phi) is 3.47. The average molecular weight is 181 g/mol. The van der Waals surface area contributed by atoms with Gasteiger partial charge in [-0.25, -0.2) is 0 Å². The van der Waals surface area contributed by atoms with E-state index in [1.165, 1.54) is 0 Å². The zero-order chi connectivity index (χ0) is 9.12. The molecule has 0 aromatic heterocycles. The summed E-state index contributed by atoms with van der Waals surface area (Å²) in [6.07, 6.45) is 0. The molecule has 11 heavy (non-hydrogen) atoms. The molecule has 0 aliphatic rings. The van der Waals surface area contributed by atoms with E-state index in [0.29, 0.717) is 17.6 Å². The topological polar surface area (TPSA) is 54.4 Å². The van der Waals surface area contributed by atoms with Gasteiger partial charge in [-0.05, 0) is 0 Å². The molecule has 0 aliphatic carbocycles. The quantitative estimate of drug-likeness (QED) is 0.482. The predicted molar refractivity (Wildman–Crippen MR) is 43.6 cm³/mol. The van der Waals surface area contributed by atoms with Crippen LogP contribution in [0.3, 0.4) is 0 Å². The van der Waals surface area contributed by atoms with Crippen molar-refractivity contribution in [3.63, 3.8) is 0 Å². The van der Waals surface area contributed by atoms with E-state index in [9.17, 15) is 8.42 Å². The van der Waals surface area contributed by atoms with Gasteiger partial charge in [0.2, 0.25) is 0 Å². The van der Waals surface area contributed by atoms with E-state index in [0.717, 1.165) is 0 Å². The van der Waals surface area contributed by atoms with Crippen LogP contribution in [0.5, 0.6) is 0 Å². The number of rotatable bonds is 4. The highest BCUT2D eigenvalue weighted by Gasteiger charge is 2.16. The lowest BCUT2D eigenvalue weighted by atomic mass is 10.5. The van der Waals surface area contributed by atoms with Gasteiger partial charge in [-0.3, -0.25) is 4.55 Å². The third-order valence-corrected chi connectivity index (χ3v) is 2.26. The molecule has 0 fully saturated rings. The fraction of sp³-hybridized carbons (Fsp3) is 0.833. The van der Waals surface area contributed by atoms with E-state index in [2.05, 4.69) is 6.92 Å². The number of hydrogen-bond donors (Lipinski definition) is 1. The van der Waals surface area contributed by atoms with E-state index in [4.69, 9.17) is 4.55 Å². The summed E-state index contributed by atoms with van der Waals surface area (Å²) in [4.78, 5) is 0. The summed E-state index contributed by atoms with van der Waals surface area (Å²) in [7, 11) is -0.0922. The van der Waals surface area contributed by atoms with Gasteiger partial charge in [-0.15, -0.1) is 0 Å². The van der Waals surface area contributed by atoms with Crippen molar-refractivity contribution in [2.75, 3.05) is 32.9 Å². The van der Waals surface area contributed by atoms with E-state index >= 15 is 0 Å². The summed E-state index contributed by atoms with van der Waals surface area (Å²) >= 11 is 0. The van der Waals surface area contributed by atoms with E-state index in [-0.39, 0.29) is 5.75 Å². The van der Waals surface area contributed by atoms with Crippen LogP contribution in [0.4, 0.5) is 0 Å². The largest absolute Gasteiger partial charge is 0.328 e. The summed E-state index contributed by atoms with van der Waals surface area (Å²) in [6.45, 7) is 4.65. The van der Waals surface area contributed by atoms with E-state index in [1.54, 1.807) is 0 Å². The second-order valence-electron chi connectivity index (χ2n) is 3.17. The van der Waals surface area contributed by atoms with E-state index < -0.39 is 10.1 Å². The smallest absolute Gasteiger partial charge is 0.270 e. The van der Waals surface area contributed by atoms with Crippen LogP contribution in [0.25, 0.3) is 0 Å². The summed E-state index contributed by atoms with van der Waals surface area (Å²) in [5.41, 5.74) is 0. The van der Waals surface area contributed by atoms with Crippen molar-refractivity contribution in [1.29, 1.82) is 0 Å². The molecule has 0 bridgehead atoms. The van der Waals surface area contributed by atoms with Crippen molar-refractivity contribution in [2.24, 2.45) is 0 Å². The maximum atomic E-state index is 10.3. The van der Waals surface area contributed by atoms with Crippen molar-refractivity contribution >= 4 is 10.1 Å². The Hall–Kier alpha value is -0.130. The lowest BCUT2D eigenvalue weighted by Crippen LogP contribution is -2.42. The molecular weight excluding hydrogens is 166 g/mol. The fourth-order valence-electron chi connectivity index (χ4n) is 0.474. The Morgan fingerprint density at radius 2 is 1.91 bits per heavy atom. The van der Waals surface area contributed by atoms with E-state index in [1.807, 2.05) is 14.1 Å². The van der Waals surface area contributed by atoms with Gasteiger partial charge in [0.1, 0.15) is 5.75 Å². The Balaban J connectivity index is 3.90. The molecule has 0 heterocycles. The second kappa shape index (κ2) is 3.51. The first kappa shape index (κ1) is 10.9. The summed E-state index contributed by atoms with van der Waals surface area (Å²) in [5, 5.41) is 0. The zero-order valence-corrected chi connectivity index (χ0v) is 7.76. The summed E-state index contributed by atoms with van der Waals surface area (Å²) < 4.78 is 29.6. The Labute approximate surface area is 68.2 Å². The summed E-state index contributed by atoms with van der Waals surface area (Å²) in [5.74, 6) is -0.199. The number of nitrogens with zero attached hydrogens (tertiary/aromatic N) is 1. The molecule has 0 aliphatic heterocycles. The monoisotopic (exact) mass is 181 g/mol. The molecule has 0 unspecified atom stereocenters. The average Bonchev–Trinajstić information content (AvgIpc) is 1.83. The molecule has 0 aromatic carbocycles. The van der Waals surface area contributed by atoms with Gasteiger partial charge < -0.3 is 4.48 Å². The highest BCUT2D eigenvalue weighted by atomic mass is 32.2. The summed E-state index contributed by atoms with van der Waals surface area (Å²) in [6, 6.07) is 0. The maximum absolute atomic E-state index is 10.3. The van der Waals surface area contributed by atoms with Crippen LogP contribution in [0, 0.1) is 6.92 Å². The first-order valence-electron chi connectivity index (χ1n) is 3.33. The van der Waals surface area contributed by atoms with Crippen LogP contribution < -0.4 is 0 Å². The van der Waals surface area contributed by atoms with Crippen LogP contribution in [-0.2, 0) is 10.1 Å². The first-order valence-corrected chi connectivity index (χ1v) is 4.94. The molecule has 0 atom stereocenters. The molecule has 1 radical (unpaired) electrons. The van der Waals surface area contributed by atoms with Crippen molar-refractivity contribution in [3.8, 4) is 0 Å². The Morgan fingerprint density at radius 3 is 2.18 bits per heavy atom. The SMILES string of the molecule is [CH2]C[N+](C)(C)CCS(=O)(=O)O. The molecule has 4 nitrogen and oxygen atoms in total. The normalized spacial score (nSPS) is 13.5. The van der Waals surface area contributed by atoms with Crippen molar-refractivity contribution in [3.05, 3.63) is 6.92 Å². The molecular formula is C6H15NO3S+. The predicted octanol–water partition coefficient (Wildman–Crippen LogP) is -0.215. The minimum Gasteiger partial charge on any atom is -0.328 e. The number of hydrogen-bond acceptors (Lipinski definition) is 2. The van der Waals surface area contributed by atoms with Gasteiger partial charge in [0.25, 0.3) is 10.1 Å². The molecule has 5 heteroatoms. The Bertz CT molecular complexity index is 208. The van der Waals surface area contributed by atoms with Crippen molar-refractivity contribution in [2.45, 2.75) is 0 Å². The van der Waals surface area contributed by atoms with Gasteiger partial charge in [0.15, 0.2) is 0 Å². The lowest BCUT2D eigenvalue weighted by Gasteiger charge is -2.27. The Morgan fingerprint density at radius 1 is 1.45 bits per heavy atom. The van der Waals surface area contributed by atoms with Gasteiger partial charge in [0.05, 0.1) is 27.2 Å². The minimum atomic E-state index is -3.81. The van der Waals surface area contributed by atoms with Crippen molar-refractivity contribution in [1.82, 2.24) is 0 Å². The van der Waals surface area contributed by atoms with Crippen LogP contribution >= 0.6 is 0 Å².